The highest BCUT2D eigenvalue weighted by Gasteiger charge is 2.26. The van der Waals surface area contributed by atoms with Crippen molar-refractivity contribution in [3.05, 3.63) is 60.0 Å². The number of benzene rings is 1. The van der Waals surface area contributed by atoms with E-state index in [1.165, 1.54) is 0 Å². The normalized spacial score (nSPS) is 16.6. The topological polar surface area (TPSA) is 85.4 Å². The fraction of sp³-hybridized carbons (Fsp3) is 0.316. The predicted molar refractivity (Wildman–Crippen MR) is 99.9 cm³/mol. The maximum atomic E-state index is 12.4. The molecule has 0 unspecified atom stereocenters. The van der Waals surface area contributed by atoms with Crippen LogP contribution in [0.1, 0.15) is 22.5 Å². The summed E-state index contributed by atoms with van der Waals surface area (Å²) in [7, 11) is 1.70. The summed E-state index contributed by atoms with van der Waals surface area (Å²) in [6, 6.07) is 11.7. The molecule has 3 aromatic rings. The van der Waals surface area contributed by atoms with Crippen LogP contribution in [0.15, 0.2) is 53.3 Å². The Balaban J connectivity index is 1.37. The van der Waals surface area contributed by atoms with Crippen molar-refractivity contribution in [2.45, 2.75) is 19.1 Å². The second-order valence-electron chi connectivity index (χ2n) is 6.51. The Morgan fingerprint density at radius 2 is 2.22 bits per heavy atom. The van der Waals surface area contributed by atoms with Crippen LogP contribution in [-0.4, -0.2) is 47.1 Å². The summed E-state index contributed by atoms with van der Waals surface area (Å²) < 4.78 is 12.4. The van der Waals surface area contributed by atoms with E-state index in [9.17, 15) is 4.79 Å². The van der Waals surface area contributed by atoms with Crippen molar-refractivity contribution in [3.8, 4) is 0 Å². The van der Waals surface area contributed by atoms with Crippen LogP contribution in [0.3, 0.4) is 0 Å². The van der Waals surface area contributed by atoms with Gasteiger partial charge in [-0.25, -0.2) is 0 Å². The van der Waals surface area contributed by atoms with Gasteiger partial charge in [0.25, 0.3) is 5.91 Å². The standard InChI is InChI=1S/C19H21N5O3/c1-26-16-7-8-23(13-16)18-9-17(22-27-18)19(25)21-15-10-20-24(12-15)11-14-5-3-2-4-6-14/h2-6,9-10,12,16H,7-8,11,13H2,1H3,(H,21,25)/t16-/m1/s1. The first-order valence-electron chi connectivity index (χ1n) is 8.83. The lowest BCUT2D eigenvalue weighted by atomic mass is 10.2. The minimum Gasteiger partial charge on any atom is -0.380 e. The molecule has 1 aliphatic rings. The first-order valence-corrected chi connectivity index (χ1v) is 8.83. The van der Waals surface area contributed by atoms with Gasteiger partial charge in [0, 0.05) is 32.5 Å². The van der Waals surface area contributed by atoms with Crippen LogP contribution in [0.5, 0.6) is 0 Å². The van der Waals surface area contributed by atoms with E-state index in [4.69, 9.17) is 9.26 Å². The number of amides is 1. The zero-order valence-electron chi connectivity index (χ0n) is 15.0. The number of anilines is 2. The summed E-state index contributed by atoms with van der Waals surface area (Å²) in [5.41, 5.74) is 1.99. The van der Waals surface area contributed by atoms with Gasteiger partial charge < -0.3 is 19.5 Å². The minimum atomic E-state index is -0.327. The van der Waals surface area contributed by atoms with E-state index >= 15 is 0 Å². The zero-order chi connectivity index (χ0) is 18.6. The van der Waals surface area contributed by atoms with Gasteiger partial charge in [0.1, 0.15) is 0 Å². The molecule has 1 aromatic carbocycles. The van der Waals surface area contributed by atoms with Gasteiger partial charge in [0.05, 0.1) is 24.5 Å². The summed E-state index contributed by atoms with van der Waals surface area (Å²) in [6.45, 7) is 2.19. The quantitative estimate of drug-likeness (QED) is 0.720. The Morgan fingerprint density at radius 3 is 3.00 bits per heavy atom. The Labute approximate surface area is 156 Å². The van der Waals surface area contributed by atoms with Crippen molar-refractivity contribution in [1.82, 2.24) is 14.9 Å². The van der Waals surface area contributed by atoms with Gasteiger partial charge in [0.15, 0.2) is 5.69 Å². The zero-order valence-corrected chi connectivity index (χ0v) is 15.0. The van der Waals surface area contributed by atoms with Gasteiger partial charge in [-0.2, -0.15) is 5.10 Å². The highest BCUT2D eigenvalue weighted by molar-refractivity contribution is 6.03. The minimum absolute atomic E-state index is 0.183. The number of hydrogen-bond donors (Lipinski definition) is 1. The monoisotopic (exact) mass is 367 g/mol. The fourth-order valence-electron chi connectivity index (χ4n) is 3.12. The van der Waals surface area contributed by atoms with Crippen molar-refractivity contribution in [1.29, 1.82) is 0 Å². The molecule has 8 nitrogen and oxygen atoms in total. The lowest BCUT2D eigenvalue weighted by Crippen LogP contribution is -2.21. The Kier molecular flexibility index (Phi) is 4.88. The molecule has 1 saturated heterocycles. The van der Waals surface area contributed by atoms with Crippen LogP contribution in [0.2, 0.25) is 0 Å². The molecular weight excluding hydrogens is 346 g/mol. The molecule has 140 valence electrons. The first-order chi connectivity index (χ1) is 13.2. The van der Waals surface area contributed by atoms with Crippen molar-refractivity contribution in [2.75, 3.05) is 30.4 Å². The molecule has 1 amide bonds. The Bertz CT molecular complexity index is 905. The fourth-order valence-corrected chi connectivity index (χ4v) is 3.12. The molecule has 8 heteroatoms. The predicted octanol–water partition coefficient (Wildman–Crippen LogP) is 2.40. The molecule has 1 N–H and O–H groups in total. The van der Waals surface area contributed by atoms with Gasteiger partial charge in [-0.05, 0) is 12.0 Å². The maximum absolute atomic E-state index is 12.4. The molecule has 0 bridgehead atoms. The molecule has 3 heterocycles. The second-order valence-corrected chi connectivity index (χ2v) is 6.51. The van der Waals surface area contributed by atoms with Crippen LogP contribution in [-0.2, 0) is 11.3 Å². The number of hydrogen-bond acceptors (Lipinski definition) is 6. The van der Waals surface area contributed by atoms with E-state index in [1.807, 2.05) is 35.2 Å². The third-order valence-electron chi connectivity index (χ3n) is 4.60. The van der Waals surface area contributed by atoms with Gasteiger partial charge in [-0.3, -0.25) is 9.48 Å². The summed E-state index contributed by atoms with van der Waals surface area (Å²) in [4.78, 5) is 14.4. The number of carbonyl (C=O) groups is 1. The summed E-state index contributed by atoms with van der Waals surface area (Å²) >= 11 is 0. The molecule has 1 aliphatic heterocycles. The van der Waals surface area contributed by atoms with Gasteiger partial charge in [0.2, 0.25) is 5.88 Å². The van der Waals surface area contributed by atoms with E-state index in [0.29, 0.717) is 18.1 Å². The lowest BCUT2D eigenvalue weighted by molar-refractivity contribution is 0.101. The average molecular weight is 367 g/mol. The molecule has 0 aliphatic carbocycles. The second kappa shape index (κ2) is 7.63. The highest BCUT2D eigenvalue weighted by Crippen LogP contribution is 2.23. The summed E-state index contributed by atoms with van der Waals surface area (Å²) in [6.07, 6.45) is 4.52. The van der Waals surface area contributed by atoms with E-state index in [0.717, 1.165) is 25.1 Å². The molecule has 0 spiro atoms. The molecule has 0 saturated carbocycles. The number of ether oxygens (including phenoxy) is 1. The molecular formula is C19H21N5O3. The lowest BCUT2D eigenvalue weighted by Gasteiger charge is -2.12. The number of carbonyl (C=O) groups excluding carboxylic acids is 1. The van der Waals surface area contributed by atoms with E-state index in [1.54, 1.807) is 30.3 Å². The molecule has 0 radical (unpaired) electrons. The molecule has 27 heavy (non-hydrogen) atoms. The van der Waals surface area contributed by atoms with Crippen LogP contribution in [0.4, 0.5) is 11.6 Å². The third kappa shape index (κ3) is 4.01. The number of nitrogens with zero attached hydrogens (tertiary/aromatic N) is 4. The first kappa shape index (κ1) is 17.3. The van der Waals surface area contributed by atoms with Crippen LogP contribution >= 0.6 is 0 Å². The highest BCUT2D eigenvalue weighted by atomic mass is 16.5. The van der Waals surface area contributed by atoms with E-state index < -0.39 is 0 Å². The van der Waals surface area contributed by atoms with Crippen molar-refractivity contribution >= 4 is 17.5 Å². The number of rotatable bonds is 6. The molecule has 1 fully saturated rings. The van der Waals surface area contributed by atoms with Crippen LogP contribution in [0.25, 0.3) is 0 Å². The largest absolute Gasteiger partial charge is 0.380 e. The van der Waals surface area contributed by atoms with Gasteiger partial charge in [-0.15, -0.1) is 0 Å². The van der Waals surface area contributed by atoms with Crippen molar-refractivity contribution in [3.63, 3.8) is 0 Å². The van der Waals surface area contributed by atoms with Crippen LogP contribution in [0, 0.1) is 0 Å². The Morgan fingerprint density at radius 1 is 1.37 bits per heavy atom. The van der Waals surface area contributed by atoms with E-state index in [-0.39, 0.29) is 17.7 Å². The third-order valence-corrected chi connectivity index (χ3v) is 4.60. The number of methoxy groups -OCH3 is 1. The van der Waals surface area contributed by atoms with Crippen molar-refractivity contribution in [2.24, 2.45) is 0 Å². The summed E-state index contributed by atoms with van der Waals surface area (Å²) in [5.74, 6) is 0.256. The molecule has 2 aromatic heterocycles. The maximum Gasteiger partial charge on any atom is 0.278 e. The number of aromatic nitrogens is 3. The number of nitrogens with one attached hydrogen (secondary N) is 1. The van der Waals surface area contributed by atoms with Gasteiger partial charge >= 0.3 is 0 Å². The van der Waals surface area contributed by atoms with Crippen LogP contribution < -0.4 is 10.2 Å². The summed E-state index contributed by atoms with van der Waals surface area (Å²) in [5, 5.41) is 11.0. The smallest absolute Gasteiger partial charge is 0.278 e. The Hall–Kier alpha value is -3.13. The molecule has 1 atom stereocenters. The molecule has 4 rings (SSSR count). The van der Waals surface area contributed by atoms with Crippen molar-refractivity contribution < 1.29 is 14.1 Å². The average Bonchev–Trinajstić information content (AvgIpc) is 3.43. The SMILES string of the molecule is CO[C@@H]1CCN(c2cc(C(=O)Nc3cnn(Cc4ccccc4)c3)no2)C1. The van der Waals surface area contributed by atoms with Gasteiger partial charge in [-0.1, -0.05) is 35.5 Å². The van der Waals surface area contributed by atoms with E-state index in [2.05, 4.69) is 15.6 Å².